The van der Waals surface area contributed by atoms with Crippen molar-refractivity contribution < 1.29 is 17.7 Å². The lowest BCUT2D eigenvalue weighted by atomic mass is 9.79. The maximum absolute atomic E-state index is 12.7. The molecule has 0 saturated carbocycles. The molecular weight excluding hydrogens is 228 g/mol. The first kappa shape index (κ1) is 13.9. The standard InChI is InChI=1S/C12H17BF3O/c1-12(2,3)8-9-17-11-7-5-4-6-10(11)13(14,15)16/h4-7H,8-9H2,1-3H3/q-1. The molecule has 0 N–H and O–H groups in total. The van der Waals surface area contributed by atoms with Crippen LogP contribution in [0.2, 0.25) is 0 Å². The molecule has 0 aromatic heterocycles. The summed E-state index contributed by atoms with van der Waals surface area (Å²) in [6.45, 7) is 1.36. The molecule has 5 heteroatoms. The van der Waals surface area contributed by atoms with E-state index in [1.165, 1.54) is 12.1 Å². The fourth-order valence-corrected chi connectivity index (χ4v) is 1.35. The minimum Gasteiger partial charge on any atom is -0.497 e. The van der Waals surface area contributed by atoms with Gasteiger partial charge in [0.25, 0.3) is 0 Å². The zero-order valence-electron chi connectivity index (χ0n) is 10.3. The van der Waals surface area contributed by atoms with Crippen molar-refractivity contribution in [3.8, 4) is 5.75 Å². The molecule has 1 nitrogen and oxygen atoms in total. The summed E-state index contributed by atoms with van der Waals surface area (Å²) in [5, 5.41) is 0. The molecule has 1 aromatic rings. The second-order valence-electron chi connectivity index (χ2n) is 5.27. The molecule has 1 aromatic carbocycles. The second kappa shape index (κ2) is 5.02. The number of hydrogen-bond acceptors (Lipinski definition) is 1. The van der Waals surface area contributed by atoms with Crippen LogP contribution in [0.3, 0.4) is 0 Å². The van der Waals surface area contributed by atoms with Gasteiger partial charge in [0.15, 0.2) is 0 Å². The summed E-state index contributed by atoms with van der Waals surface area (Å²) in [6, 6.07) is 5.36. The first-order valence-corrected chi connectivity index (χ1v) is 5.62. The molecule has 0 heterocycles. The molecule has 0 bridgehead atoms. The third-order valence-electron chi connectivity index (χ3n) is 2.38. The van der Waals surface area contributed by atoms with Crippen LogP contribution < -0.4 is 10.2 Å². The quantitative estimate of drug-likeness (QED) is 0.737. The lowest BCUT2D eigenvalue weighted by Gasteiger charge is -2.22. The SMILES string of the molecule is CC(C)(C)CCOc1ccccc1[B-](F)(F)F. The van der Waals surface area contributed by atoms with Gasteiger partial charge in [0, 0.05) is 0 Å². The minimum atomic E-state index is -5.01. The molecule has 0 unspecified atom stereocenters. The van der Waals surface area contributed by atoms with E-state index in [1.807, 2.05) is 20.8 Å². The van der Waals surface area contributed by atoms with Gasteiger partial charge in [-0.2, -0.15) is 0 Å². The van der Waals surface area contributed by atoms with Gasteiger partial charge < -0.3 is 17.7 Å². The van der Waals surface area contributed by atoms with Gasteiger partial charge in [-0.15, -0.1) is 0 Å². The van der Waals surface area contributed by atoms with Crippen LogP contribution in [0.4, 0.5) is 12.9 Å². The van der Waals surface area contributed by atoms with E-state index >= 15 is 0 Å². The van der Waals surface area contributed by atoms with Crippen LogP contribution in [0.15, 0.2) is 24.3 Å². The molecule has 1 rings (SSSR count). The summed E-state index contributed by atoms with van der Waals surface area (Å²) in [4.78, 5) is 0. The Labute approximate surface area is 100 Å². The van der Waals surface area contributed by atoms with Crippen molar-refractivity contribution in [1.29, 1.82) is 0 Å². The van der Waals surface area contributed by atoms with E-state index < -0.39 is 12.4 Å². The molecule has 0 saturated heterocycles. The number of halogens is 3. The summed E-state index contributed by atoms with van der Waals surface area (Å²) >= 11 is 0. The molecule has 0 amide bonds. The molecule has 0 aliphatic rings. The number of benzene rings is 1. The van der Waals surface area contributed by atoms with Gasteiger partial charge in [-0.05, 0) is 17.9 Å². The fourth-order valence-electron chi connectivity index (χ4n) is 1.35. The van der Waals surface area contributed by atoms with Gasteiger partial charge in [-0.1, -0.05) is 44.4 Å². The second-order valence-corrected chi connectivity index (χ2v) is 5.27. The number of rotatable bonds is 4. The highest BCUT2D eigenvalue weighted by atomic mass is 19.4. The lowest BCUT2D eigenvalue weighted by molar-refractivity contribution is 0.243. The van der Waals surface area contributed by atoms with E-state index in [2.05, 4.69) is 0 Å². The zero-order valence-corrected chi connectivity index (χ0v) is 10.3. The number of hydrogen-bond donors (Lipinski definition) is 0. The minimum absolute atomic E-state index is 0.0539. The first-order valence-electron chi connectivity index (χ1n) is 5.62. The highest BCUT2D eigenvalue weighted by molar-refractivity contribution is 6.74. The number of para-hydroxylation sites is 1. The van der Waals surface area contributed by atoms with Crippen LogP contribution in [0, 0.1) is 5.41 Å². The molecule has 17 heavy (non-hydrogen) atoms. The average Bonchev–Trinajstić information content (AvgIpc) is 2.15. The van der Waals surface area contributed by atoms with E-state index in [-0.39, 0.29) is 11.2 Å². The molecule has 96 valence electrons. The van der Waals surface area contributed by atoms with Gasteiger partial charge >= 0.3 is 6.98 Å². The largest absolute Gasteiger partial charge is 0.513 e. The maximum atomic E-state index is 12.7. The normalized spacial score (nSPS) is 12.6. The Morgan fingerprint density at radius 2 is 1.71 bits per heavy atom. The van der Waals surface area contributed by atoms with Gasteiger partial charge in [0.2, 0.25) is 0 Å². The zero-order chi connectivity index (χ0) is 13.1. The van der Waals surface area contributed by atoms with Crippen LogP contribution in [-0.4, -0.2) is 13.6 Å². The van der Waals surface area contributed by atoms with Gasteiger partial charge in [0.1, 0.15) is 0 Å². The van der Waals surface area contributed by atoms with E-state index in [1.54, 1.807) is 6.07 Å². The Bertz CT molecular complexity index is 369. The molecule has 0 aliphatic carbocycles. The summed E-state index contributed by atoms with van der Waals surface area (Å²) < 4.78 is 43.3. The van der Waals surface area contributed by atoms with E-state index in [0.717, 1.165) is 6.07 Å². The summed E-state index contributed by atoms with van der Waals surface area (Å²) in [6.07, 6.45) is 0.714. The van der Waals surface area contributed by atoms with Crippen molar-refractivity contribution in [2.24, 2.45) is 5.41 Å². The number of ether oxygens (including phenoxy) is 1. The van der Waals surface area contributed by atoms with Crippen molar-refractivity contribution >= 4 is 12.4 Å². The van der Waals surface area contributed by atoms with Crippen molar-refractivity contribution in [3.05, 3.63) is 24.3 Å². The Kier molecular flexibility index (Phi) is 4.12. The topological polar surface area (TPSA) is 9.23 Å². The third kappa shape index (κ3) is 4.71. The van der Waals surface area contributed by atoms with Crippen molar-refractivity contribution in [2.75, 3.05) is 6.61 Å². The van der Waals surface area contributed by atoms with E-state index in [0.29, 0.717) is 13.0 Å². The van der Waals surface area contributed by atoms with Crippen LogP contribution in [0.5, 0.6) is 5.75 Å². The molecule has 0 aliphatic heterocycles. The van der Waals surface area contributed by atoms with E-state index in [4.69, 9.17) is 4.74 Å². The summed E-state index contributed by atoms with van der Waals surface area (Å²) in [5.74, 6) is -0.0655. The van der Waals surface area contributed by atoms with Crippen LogP contribution in [0.1, 0.15) is 27.2 Å². The molecule has 0 fully saturated rings. The third-order valence-corrected chi connectivity index (χ3v) is 2.38. The van der Waals surface area contributed by atoms with Gasteiger partial charge in [-0.25, -0.2) is 0 Å². The van der Waals surface area contributed by atoms with Crippen LogP contribution in [0.25, 0.3) is 0 Å². The fraction of sp³-hybridized carbons (Fsp3) is 0.500. The molecule has 0 radical (unpaired) electrons. The Morgan fingerprint density at radius 3 is 2.24 bits per heavy atom. The van der Waals surface area contributed by atoms with Gasteiger partial charge in [0.05, 0.1) is 12.4 Å². The molecule has 0 atom stereocenters. The summed E-state index contributed by atoms with van der Waals surface area (Å²) in [5.41, 5.74) is -0.598. The predicted octanol–water partition coefficient (Wildman–Crippen LogP) is 3.56. The Hall–Kier alpha value is -1.13. The highest BCUT2D eigenvalue weighted by Crippen LogP contribution is 2.21. The van der Waals surface area contributed by atoms with Gasteiger partial charge in [-0.3, -0.25) is 0 Å². The van der Waals surface area contributed by atoms with Crippen molar-refractivity contribution in [1.82, 2.24) is 0 Å². The summed E-state index contributed by atoms with van der Waals surface area (Å²) in [7, 11) is 0. The van der Waals surface area contributed by atoms with Crippen LogP contribution >= 0.6 is 0 Å². The molecular formula is C12H17BF3O-. The van der Waals surface area contributed by atoms with E-state index in [9.17, 15) is 12.9 Å². The monoisotopic (exact) mass is 245 g/mol. The van der Waals surface area contributed by atoms with Crippen LogP contribution in [-0.2, 0) is 0 Å². The average molecular weight is 245 g/mol. The Morgan fingerprint density at radius 1 is 1.12 bits per heavy atom. The first-order chi connectivity index (χ1) is 7.70. The van der Waals surface area contributed by atoms with Crippen molar-refractivity contribution in [3.63, 3.8) is 0 Å². The highest BCUT2D eigenvalue weighted by Gasteiger charge is 2.28. The maximum Gasteiger partial charge on any atom is 0.513 e. The Balaban J connectivity index is 2.72. The molecule has 0 spiro atoms. The smallest absolute Gasteiger partial charge is 0.497 e. The van der Waals surface area contributed by atoms with Crippen molar-refractivity contribution in [2.45, 2.75) is 27.2 Å². The lowest BCUT2D eigenvalue weighted by Crippen LogP contribution is -2.35. The predicted molar refractivity (Wildman–Crippen MR) is 64.7 cm³/mol.